The summed E-state index contributed by atoms with van der Waals surface area (Å²) >= 11 is 2.72. The number of carbonyl (C=O) groups is 6. The summed E-state index contributed by atoms with van der Waals surface area (Å²) in [4.78, 5) is 94.2. The highest BCUT2D eigenvalue weighted by Crippen LogP contribution is 2.38. The first kappa shape index (κ1) is 50.4. The van der Waals surface area contributed by atoms with Crippen molar-refractivity contribution < 1.29 is 43.3 Å². The van der Waals surface area contributed by atoms with Crippen LogP contribution in [0.4, 0.5) is 0 Å². The van der Waals surface area contributed by atoms with Gasteiger partial charge in [0.05, 0.1) is 49.0 Å². The maximum Gasteiger partial charge on any atom is 0.331 e. The predicted octanol–water partition coefficient (Wildman–Crippen LogP) is 11.6. The minimum Gasteiger partial charge on any atom is -0.318 e. The molecule has 0 spiro atoms. The van der Waals surface area contributed by atoms with Gasteiger partial charge in [-0.15, -0.1) is 22.7 Å². The van der Waals surface area contributed by atoms with Crippen molar-refractivity contribution in [3.8, 4) is 11.4 Å². The molecule has 0 saturated heterocycles. The van der Waals surface area contributed by atoms with E-state index in [1.54, 1.807) is 52.0 Å². The van der Waals surface area contributed by atoms with Crippen LogP contribution in [0, 0.1) is 0 Å². The van der Waals surface area contributed by atoms with Crippen molar-refractivity contribution in [3.63, 3.8) is 0 Å². The number of aromatic nitrogens is 2. The van der Waals surface area contributed by atoms with Crippen LogP contribution >= 0.6 is 22.7 Å². The predicted molar refractivity (Wildman–Crippen MR) is 300 cm³/mol. The molecule has 0 aliphatic carbocycles. The van der Waals surface area contributed by atoms with Crippen molar-refractivity contribution in [1.29, 1.82) is 0 Å². The Labute approximate surface area is 443 Å². The largest absolute Gasteiger partial charge is 0.331 e. The van der Waals surface area contributed by atoms with Gasteiger partial charge >= 0.3 is 17.9 Å². The Morgan fingerprint density at radius 2 is 0.776 bits per heavy atom. The molecule has 0 saturated carbocycles. The first-order chi connectivity index (χ1) is 36.6. The van der Waals surface area contributed by atoms with E-state index in [0.29, 0.717) is 48.8 Å². The fourth-order valence-corrected chi connectivity index (χ4v) is 10.6. The van der Waals surface area contributed by atoms with E-state index in [0.717, 1.165) is 60.7 Å². The highest BCUT2D eigenvalue weighted by atomic mass is 32.1. The van der Waals surface area contributed by atoms with Gasteiger partial charge in [0, 0.05) is 81.8 Å². The van der Waals surface area contributed by atoms with Gasteiger partial charge in [-0.25, -0.2) is 14.4 Å². The van der Waals surface area contributed by atoms with Crippen LogP contribution in [0.25, 0.3) is 55.0 Å². The molecule has 4 heterocycles. The standard InChI is InChI=1S/C59H44BN5O9S2/c1-32(61-72-34(3)66)37-10-18-43(19-11-37)64-49-22-14-39(28-45(49)46-29-40(15-23-50(46)64)57(69)53-8-6-26-75-53)56(63-74-36(5)68)55(60)59(71)42-17-25-52-48(31-42)47-30-41(58(70)54-9-7-27-76-54)16-24-51(47)65(52)44-20-12-38(13-21-44)33(2)62-73-35(4)67/h6-31,55H,60H2,1-5H3. The Morgan fingerprint density at radius 3 is 1.16 bits per heavy atom. The summed E-state index contributed by atoms with van der Waals surface area (Å²) in [6.07, 6.45) is 0. The van der Waals surface area contributed by atoms with E-state index >= 15 is 4.79 Å². The van der Waals surface area contributed by atoms with E-state index < -0.39 is 23.7 Å². The molecule has 10 rings (SSSR count). The molecule has 0 fully saturated rings. The molecule has 0 bridgehead atoms. The van der Waals surface area contributed by atoms with Crippen LogP contribution < -0.4 is 0 Å². The lowest BCUT2D eigenvalue weighted by Crippen LogP contribution is -2.21. The Bertz CT molecular complexity index is 4100. The smallest absolute Gasteiger partial charge is 0.318 e. The molecule has 76 heavy (non-hydrogen) atoms. The van der Waals surface area contributed by atoms with Crippen molar-refractivity contribution >= 4 is 127 Å². The molecule has 17 heteroatoms. The molecular formula is C59H44BN5O9S2. The van der Waals surface area contributed by atoms with Gasteiger partial charge in [0.2, 0.25) is 11.6 Å². The van der Waals surface area contributed by atoms with Crippen molar-refractivity contribution in [2.24, 2.45) is 15.5 Å². The van der Waals surface area contributed by atoms with Gasteiger partial charge in [-0.3, -0.25) is 14.4 Å². The first-order valence-electron chi connectivity index (χ1n) is 23.9. The molecule has 374 valence electrons. The molecule has 0 N–H and O–H groups in total. The maximum absolute atomic E-state index is 15.0. The van der Waals surface area contributed by atoms with Gasteiger partial charge in [0.25, 0.3) is 0 Å². The zero-order valence-electron chi connectivity index (χ0n) is 41.8. The number of hydrogen-bond donors (Lipinski definition) is 0. The number of fused-ring (bicyclic) bond motifs is 6. The van der Waals surface area contributed by atoms with E-state index in [1.165, 1.54) is 43.4 Å². The fraction of sp³-hybridized carbons (Fsp3) is 0.102. The third-order valence-corrected chi connectivity index (χ3v) is 14.6. The molecule has 10 aromatic rings. The zero-order valence-corrected chi connectivity index (χ0v) is 43.4. The van der Waals surface area contributed by atoms with Gasteiger partial charge in [-0.2, -0.15) is 0 Å². The van der Waals surface area contributed by atoms with Crippen molar-refractivity contribution in [2.45, 2.75) is 40.4 Å². The van der Waals surface area contributed by atoms with E-state index in [2.05, 4.69) is 24.6 Å². The molecular weight excluding hydrogens is 998 g/mol. The first-order valence-corrected chi connectivity index (χ1v) is 25.7. The number of benzene rings is 6. The number of oxime groups is 3. The van der Waals surface area contributed by atoms with E-state index in [-0.39, 0.29) is 23.1 Å². The molecule has 0 amide bonds. The summed E-state index contributed by atoms with van der Waals surface area (Å²) in [5.41, 5.74) is 9.25. The second-order valence-electron chi connectivity index (χ2n) is 18.0. The zero-order chi connectivity index (χ0) is 53.4. The monoisotopic (exact) mass is 1040 g/mol. The number of ketones is 3. The molecule has 0 aliphatic heterocycles. The van der Waals surface area contributed by atoms with Gasteiger partial charge < -0.3 is 23.6 Å². The average molecular weight is 1040 g/mol. The molecule has 14 nitrogen and oxygen atoms in total. The van der Waals surface area contributed by atoms with Crippen LogP contribution in [0.1, 0.15) is 92.1 Å². The Morgan fingerprint density at radius 1 is 0.434 bits per heavy atom. The topological polar surface area (TPSA) is 177 Å². The Kier molecular flexibility index (Phi) is 13.9. The number of nitrogens with zero attached hydrogens (tertiary/aromatic N) is 5. The molecule has 1 atom stereocenters. The van der Waals surface area contributed by atoms with Crippen LogP contribution in [0.5, 0.6) is 0 Å². The Balaban J connectivity index is 1.08. The van der Waals surface area contributed by atoms with Crippen molar-refractivity contribution in [2.75, 3.05) is 0 Å². The summed E-state index contributed by atoms with van der Waals surface area (Å²) in [6.45, 7) is 7.28. The molecule has 4 aromatic heterocycles. The van der Waals surface area contributed by atoms with Crippen molar-refractivity contribution in [3.05, 3.63) is 199 Å². The second kappa shape index (κ2) is 21.0. The summed E-state index contributed by atoms with van der Waals surface area (Å²) in [5, 5.41) is 18.9. The van der Waals surface area contributed by atoms with Crippen molar-refractivity contribution in [1.82, 2.24) is 9.13 Å². The minimum atomic E-state index is -0.961. The minimum absolute atomic E-state index is 0.126. The van der Waals surface area contributed by atoms with Gasteiger partial charge in [0.1, 0.15) is 7.85 Å². The van der Waals surface area contributed by atoms with Crippen LogP contribution in [0.15, 0.2) is 172 Å². The van der Waals surface area contributed by atoms with E-state index in [1.807, 2.05) is 126 Å². The summed E-state index contributed by atoms with van der Waals surface area (Å²) in [6, 6.07) is 44.6. The van der Waals surface area contributed by atoms with Crippen LogP contribution in [-0.2, 0) is 28.9 Å². The Hall–Kier alpha value is -9.19. The maximum atomic E-state index is 15.0. The average Bonchev–Trinajstić information content (AvgIpc) is 4.30. The highest BCUT2D eigenvalue weighted by Gasteiger charge is 2.27. The molecule has 1 unspecified atom stereocenters. The summed E-state index contributed by atoms with van der Waals surface area (Å²) in [7, 11) is 1.71. The van der Waals surface area contributed by atoms with Crippen LogP contribution in [-0.4, -0.2) is 69.4 Å². The molecule has 0 aliphatic rings. The summed E-state index contributed by atoms with van der Waals surface area (Å²) in [5.74, 6) is -3.26. The van der Waals surface area contributed by atoms with Crippen LogP contribution in [0.2, 0.25) is 5.82 Å². The lowest BCUT2D eigenvalue weighted by atomic mass is 9.75. The number of carbonyl (C=O) groups excluding carboxylic acids is 6. The van der Waals surface area contributed by atoms with Gasteiger partial charge in [-0.05, 0) is 139 Å². The summed E-state index contributed by atoms with van der Waals surface area (Å²) < 4.78 is 4.12. The van der Waals surface area contributed by atoms with E-state index in [4.69, 9.17) is 14.5 Å². The number of rotatable bonds is 15. The molecule has 0 radical (unpaired) electrons. The SMILES string of the molecule is BC(C(=O)c1ccc2c(c1)c1cc(C(=O)c3cccs3)ccc1n2-c1ccc(C(C)=NOC(C)=O)cc1)C(=NOC(C)=O)c1ccc2c(c1)c1cc(C(=O)c3cccs3)ccc1n2-c1ccc(C(C)=NOC(C)=O)cc1. The number of hydrogen-bond acceptors (Lipinski definition) is 14. The molecule has 6 aromatic carbocycles. The quantitative estimate of drug-likeness (QED) is 0.0318. The third kappa shape index (κ3) is 9.84. The number of Topliss-reactive ketones (excluding diaryl/α,β-unsaturated/α-hetero) is 1. The van der Waals surface area contributed by atoms with Gasteiger partial charge in [-0.1, -0.05) is 57.9 Å². The van der Waals surface area contributed by atoms with Gasteiger partial charge in [0.15, 0.2) is 5.78 Å². The lowest BCUT2D eigenvalue weighted by Gasteiger charge is -2.15. The fourth-order valence-electron chi connectivity index (χ4n) is 9.24. The third-order valence-electron chi connectivity index (χ3n) is 12.9. The van der Waals surface area contributed by atoms with E-state index in [9.17, 15) is 24.0 Å². The normalized spacial score (nSPS) is 12.6. The highest BCUT2D eigenvalue weighted by molar-refractivity contribution is 7.12. The lowest BCUT2D eigenvalue weighted by molar-refractivity contribution is -0.141. The number of thiophene rings is 2. The van der Waals surface area contributed by atoms with Crippen LogP contribution in [0.3, 0.4) is 0 Å². The second-order valence-corrected chi connectivity index (χ2v) is 19.9.